The number of carbonyl (C=O) groups is 1. The van der Waals surface area contributed by atoms with Crippen LogP contribution in [0, 0.1) is 6.92 Å². The lowest BCUT2D eigenvalue weighted by molar-refractivity contribution is -0.124. The second kappa shape index (κ2) is 6.10. The number of ether oxygens (including phenoxy) is 1. The van der Waals surface area contributed by atoms with Gasteiger partial charge >= 0.3 is 0 Å². The average molecular weight is 260 g/mol. The average Bonchev–Trinajstić information content (AvgIpc) is 2.83. The third-order valence-electron chi connectivity index (χ3n) is 2.65. The first-order valence-electron chi connectivity index (χ1n) is 5.91. The molecule has 19 heavy (non-hydrogen) atoms. The standard InChI is InChI=1S/C13H16N4O2/c1-10-14-5-6-17(10)12-7-11(3-4-15-12)8-16-13(18)9-19-2/h3-7H,8-9H2,1-2H3,(H,16,18). The zero-order valence-electron chi connectivity index (χ0n) is 11.0. The highest BCUT2D eigenvalue weighted by molar-refractivity contribution is 5.77. The van der Waals surface area contributed by atoms with Crippen molar-refractivity contribution in [1.29, 1.82) is 0 Å². The van der Waals surface area contributed by atoms with Crippen LogP contribution in [0.15, 0.2) is 30.7 Å². The van der Waals surface area contributed by atoms with Crippen LogP contribution in [0.4, 0.5) is 0 Å². The lowest BCUT2D eigenvalue weighted by atomic mass is 10.2. The van der Waals surface area contributed by atoms with Crippen LogP contribution in [-0.4, -0.2) is 34.2 Å². The minimum atomic E-state index is -0.139. The molecule has 0 aromatic carbocycles. The van der Waals surface area contributed by atoms with Gasteiger partial charge in [0.05, 0.1) is 0 Å². The van der Waals surface area contributed by atoms with E-state index in [9.17, 15) is 4.79 Å². The molecular weight excluding hydrogens is 244 g/mol. The first-order valence-corrected chi connectivity index (χ1v) is 5.91. The SMILES string of the molecule is COCC(=O)NCc1ccnc(-n2ccnc2C)c1. The van der Waals surface area contributed by atoms with Crippen LogP contribution in [0.25, 0.3) is 5.82 Å². The number of pyridine rings is 1. The molecule has 0 aliphatic rings. The van der Waals surface area contributed by atoms with E-state index < -0.39 is 0 Å². The fraction of sp³-hybridized carbons (Fsp3) is 0.308. The van der Waals surface area contributed by atoms with E-state index in [1.54, 1.807) is 12.4 Å². The van der Waals surface area contributed by atoms with Crippen LogP contribution < -0.4 is 5.32 Å². The summed E-state index contributed by atoms with van der Waals surface area (Å²) in [5.74, 6) is 1.52. The first-order chi connectivity index (χ1) is 9.20. The molecule has 0 saturated carbocycles. The number of hydrogen-bond donors (Lipinski definition) is 1. The lowest BCUT2D eigenvalue weighted by Gasteiger charge is -2.08. The molecule has 2 rings (SSSR count). The molecule has 6 nitrogen and oxygen atoms in total. The van der Waals surface area contributed by atoms with Gasteiger partial charge in [-0.05, 0) is 24.6 Å². The van der Waals surface area contributed by atoms with Gasteiger partial charge in [-0.1, -0.05) is 0 Å². The third-order valence-corrected chi connectivity index (χ3v) is 2.65. The maximum absolute atomic E-state index is 11.3. The van der Waals surface area contributed by atoms with Crippen molar-refractivity contribution >= 4 is 5.91 Å². The molecule has 1 amide bonds. The summed E-state index contributed by atoms with van der Waals surface area (Å²) in [6, 6.07) is 3.78. The Morgan fingerprint density at radius 2 is 2.26 bits per heavy atom. The van der Waals surface area contributed by atoms with E-state index in [4.69, 9.17) is 4.74 Å². The Balaban J connectivity index is 2.08. The first kappa shape index (κ1) is 13.2. The molecular formula is C13H16N4O2. The molecule has 0 spiro atoms. The second-order valence-corrected chi connectivity index (χ2v) is 4.08. The molecule has 0 saturated heterocycles. The number of imidazole rings is 1. The molecule has 0 bridgehead atoms. The molecule has 0 atom stereocenters. The minimum absolute atomic E-state index is 0.0680. The highest BCUT2D eigenvalue weighted by Crippen LogP contribution is 2.09. The van der Waals surface area contributed by atoms with Crippen LogP contribution in [0.5, 0.6) is 0 Å². The molecule has 0 unspecified atom stereocenters. The molecule has 0 radical (unpaired) electrons. The predicted molar refractivity (Wildman–Crippen MR) is 69.8 cm³/mol. The summed E-state index contributed by atoms with van der Waals surface area (Å²) in [5, 5.41) is 2.77. The van der Waals surface area contributed by atoms with Gasteiger partial charge in [-0.2, -0.15) is 0 Å². The summed E-state index contributed by atoms with van der Waals surface area (Å²) in [7, 11) is 1.49. The van der Waals surface area contributed by atoms with Crippen LogP contribution >= 0.6 is 0 Å². The van der Waals surface area contributed by atoms with E-state index >= 15 is 0 Å². The summed E-state index contributed by atoms with van der Waals surface area (Å²) in [5.41, 5.74) is 0.975. The summed E-state index contributed by atoms with van der Waals surface area (Å²) in [4.78, 5) is 19.8. The normalized spacial score (nSPS) is 10.4. The second-order valence-electron chi connectivity index (χ2n) is 4.08. The number of methoxy groups -OCH3 is 1. The lowest BCUT2D eigenvalue weighted by Crippen LogP contribution is -2.26. The van der Waals surface area contributed by atoms with Crippen molar-refractivity contribution in [3.8, 4) is 5.82 Å². The number of rotatable bonds is 5. The van der Waals surface area contributed by atoms with E-state index in [2.05, 4.69) is 15.3 Å². The van der Waals surface area contributed by atoms with Crippen LogP contribution in [0.1, 0.15) is 11.4 Å². The van der Waals surface area contributed by atoms with Gasteiger partial charge < -0.3 is 10.1 Å². The van der Waals surface area contributed by atoms with E-state index in [1.165, 1.54) is 7.11 Å². The highest BCUT2D eigenvalue weighted by Gasteiger charge is 2.04. The Bertz CT molecular complexity index is 565. The molecule has 100 valence electrons. The van der Waals surface area contributed by atoms with Gasteiger partial charge in [0.1, 0.15) is 18.2 Å². The van der Waals surface area contributed by atoms with Gasteiger partial charge in [-0.25, -0.2) is 9.97 Å². The minimum Gasteiger partial charge on any atom is -0.375 e. The Hall–Kier alpha value is -2.21. The summed E-state index contributed by atoms with van der Waals surface area (Å²) in [6.45, 7) is 2.43. The summed E-state index contributed by atoms with van der Waals surface area (Å²) < 4.78 is 6.64. The van der Waals surface area contributed by atoms with Gasteiger partial charge in [0.25, 0.3) is 0 Å². The predicted octanol–water partition coefficient (Wildman–Crippen LogP) is 0.838. The third kappa shape index (κ3) is 3.38. The van der Waals surface area contributed by atoms with Crippen molar-refractivity contribution in [2.75, 3.05) is 13.7 Å². The van der Waals surface area contributed by atoms with Gasteiger partial charge in [-0.3, -0.25) is 9.36 Å². The van der Waals surface area contributed by atoms with Crippen molar-refractivity contribution in [3.05, 3.63) is 42.1 Å². The summed E-state index contributed by atoms with van der Waals surface area (Å²) >= 11 is 0. The van der Waals surface area contributed by atoms with E-state index in [0.717, 1.165) is 17.2 Å². The number of aryl methyl sites for hydroxylation is 1. The van der Waals surface area contributed by atoms with Crippen LogP contribution in [0.3, 0.4) is 0 Å². The smallest absolute Gasteiger partial charge is 0.246 e. The van der Waals surface area contributed by atoms with Crippen molar-refractivity contribution in [1.82, 2.24) is 19.9 Å². The van der Waals surface area contributed by atoms with Crippen molar-refractivity contribution in [3.63, 3.8) is 0 Å². The zero-order chi connectivity index (χ0) is 13.7. The maximum atomic E-state index is 11.3. The molecule has 2 heterocycles. The van der Waals surface area contributed by atoms with Crippen molar-refractivity contribution in [2.24, 2.45) is 0 Å². The number of nitrogens with zero attached hydrogens (tertiary/aromatic N) is 3. The maximum Gasteiger partial charge on any atom is 0.246 e. The molecule has 2 aromatic rings. The quantitative estimate of drug-likeness (QED) is 0.865. The monoisotopic (exact) mass is 260 g/mol. The van der Waals surface area contributed by atoms with Gasteiger partial charge in [-0.15, -0.1) is 0 Å². The summed E-state index contributed by atoms with van der Waals surface area (Å²) in [6.07, 6.45) is 5.29. The number of aromatic nitrogens is 3. The van der Waals surface area contributed by atoms with Gasteiger partial charge in [0.2, 0.25) is 5.91 Å². The van der Waals surface area contributed by atoms with E-state index in [1.807, 2.05) is 29.8 Å². The van der Waals surface area contributed by atoms with E-state index in [-0.39, 0.29) is 12.5 Å². The Morgan fingerprint density at radius 3 is 2.95 bits per heavy atom. The number of amides is 1. The molecule has 0 aliphatic heterocycles. The van der Waals surface area contributed by atoms with Crippen molar-refractivity contribution < 1.29 is 9.53 Å². The zero-order valence-corrected chi connectivity index (χ0v) is 11.0. The van der Waals surface area contributed by atoms with Crippen LogP contribution in [0.2, 0.25) is 0 Å². The van der Waals surface area contributed by atoms with E-state index in [0.29, 0.717) is 6.54 Å². The molecule has 0 fully saturated rings. The number of nitrogens with one attached hydrogen (secondary N) is 1. The number of hydrogen-bond acceptors (Lipinski definition) is 4. The van der Waals surface area contributed by atoms with Crippen LogP contribution in [-0.2, 0) is 16.1 Å². The fourth-order valence-electron chi connectivity index (χ4n) is 1.71. The Kier molecular flexibility index (Phi) is 4.25. The Labute approximate surface area is 111 Å². The largest absolute Gasteiger partial charge is 0.375 e. The Morgan fingerprint density at radius 1 is 1.42 bits per heavy atom. The molecule has 0 aliphatic carbocycles. The fourth-order valence-corrected chi connectivity index (χ4v) is 1.71. The highest BCUT2D eigenvalue weighted by atomic mass is 16.5. The topological polar surface area (TPSA) is 69.0 Å². The van der Waals surface area contributed by atoms with Gasteiger partial charge in [0, 0.05) is 32.2 Å². The van der Waals surface area contributed by atoms with Gasteiger partial charge in [0.15, 0.2) is 0 Å². The molecule has 6 heteroatoms. The van der Waals surface area contributed by atoms with Crippen molar-refractivity contribution in [2.45, 2.75) is 13.5 Å². The molecule has 2 aromatic heterocycles. The number of carbonyl (C=O) groups excluding carboxylic acids is 1. The molecule has 1 N–H and O–H groups in total.